The van der Waals surface area contributed by atoms with Crippen molar-refractivity contribution in [3.63, 3.8) is 0 Å². The van der Waals surface area contributed by atoms with Crippen LogP contribution in [0, 0.1) is 0 Å². The Morgan fingerprint density at radius 1 is 1.06 bits per heavy atom. The number of rotatable bonds is 4. The van der Waals surface area contributed by atoms with Crippen LogP contribution in [0.4, 0.5) is 0 Å². The molecule has 0 bridgehead atoms. The van der Waals surface area contributed by atoms with Crippen molar-refractivity contribution in [1.29, 1.82) is 0 Å². The molecular formula is C16H23N. The van der Waals surface area contributed by atoms with E-state index in [4.69, 9.17) is 5.73 Å². The summed E-state index contributed by atoms with van der Waals surface area (Å²) in [6, 6.07) is 11.1. The van der Waals surface area contributed by atoms with E-state index in [2.05, 4.69) is 36.4 Å². The van der Waals surface area contributed by atoms with E-state index in [1.807, 2.05) is 0 Å². The molecule has 1 heteroatoms. The lowest BCUT2D eigenvalue weighted by molar-refractivity contribution is 0.652. The highest BCUT2D eigenvalue weighted by Crippen LogP contribution is 2.21. The van der Waals surface area contributed by atoms with Crippen LogP contribution in [-0.2, 0) is 6.42 Å². The highest BCUT2D eigenvalue weighted by Gasteiger charge is 2.07. The zero-order chi connectivity index (χ0) is 11.9. The summed E-state index contributed by atoms with van der Waals surface area (Å²) in [5, 5.41) is 0. The number of nitrogens with two attached hydrogens (primary N) is 1. The summed E-state index contributed by atoms with van der Waals surface area (Å²) >= 11 is 0. The maximum absolute atomic E-state index is 6.03. The van der Waals surface area contributed by atoms with E-state index in [0.29, 0.717) is 6.04 Å². The molecule has 17 heavy (non-hydrogen) atoms. The van der Waals surface area contributed by atoms with Crippen molar-refractivity contribution in [2.75, 3.05) is 0 Å². The SMILES string of the molecule is NC1C=C(CCCc2ccccc2)CCCC1. The fourth-order valence-corrected chi connectivity index (χ4v) is 2.57. The van der Waals surface area contributed by atoms with Crippen molar-refractivity contribution in [2.45, 2.75) is 51.0 Å². The van der Waals surface area contributed by atoms with Gasteiger partial charge in [0.2, 0.25) is 0 Å². The van der Waals surface area contributed by atoms with Gasteiger partial charge in [0.15, 0.2) is 0 Å². The summed E-state index contributed by atoms with van der Waals surface area (Å²) in [4.78, 5) is 0. The molecule has 2 rings (SSSR count). The summed E-state index contributed by atoms with van der Waals surface area (Å²) in [5.74, 6) is 0. The second-order valence-corrected chi connectivity index (χ2v) is 5.07. The van der Waals surface area contributed by atoms with Crippen LogP contribution in [-0.4, -0.2) is 6.04 Å². The zero-order valence-corrected chi connectivity index (χ0v) is 10.6. The van der Waals surface area contributed by atoms with Gasteiger partial charge in [-0.2, -0.15) is 0 Å². The van der Waals surface area contributed by atoms with Gasteiger partial charge >= 0.3 is 0 Å². The van der Waals surface area contributed by atoms with E-state index < -0.39 is 0 Å². The minimum absolute atomic E-state index is 0.309. The third-order valence-corrected chi connectivity index (χ3v) is 3.54. The second-order valence-electron chi connectivity index (χ2n) is 5.07. The third-order valence-electron chi connectivity index (χ3n) is 3.54. The molecule has 1 aliphatic rings. The molecule has 1 unspecified atom stereocenters. The van der Waals surface area contributed by atoms with Crippen molar-refractivity contribution >= 4 is 0 Å². The van der Waals surface area contributed by atoms with Crippen LogP contribution in [0.3, 0.4) is 0 Å². The fraction of sp³-hybridized carbons (Fsp3) is 0.500. The van der Waals surface area contributed by atoms with E-state index in [0.717, 1.165) is 0 Å². The quantitative estimate of drug-likeness (QED) is 0.780. The van der Waals surface area contributed by atoms with Crippen molar-refractivity contribution in [3.05, 3.63) is 47.5 Å². The van der Waals surface area contributed by atoms with E-state index in [1.165, 1.54) is 50.5 Å². The molecular weight excluding hydrogens is 206 g/mol. The van der Waals surface area contributed by atoms with Gasteiger partial charge in [-0.25, -0.2) is 0 Å². The molecule has 1 atom stereocenters. The van der Waals surface area contributed by atoms with Gasteiger partial charge in [-0.1, -0.05) is 48.4 Å². The Labute approximate surface area is 105 Å². The van der Waals surface area contributed by atoms with Crippen LogP contribution in [0.1, 0.15) is 44.1 Å². The van der Waals surface area contributed by atoms with E-state index in [1.54, 1.807) is 5.57 Å². The number of hydrogen-bond acceptors (Lipinski definition) is 1. The molecule has 1 aromatic carbocycles. The van der Waals surface area contributed by atoms with E-state index >= 15 is 0 Å². The minimum atomic E-state index is 0.309. The molecule has 1 aliphatic carbocycles. The summed E-state index contributed by atoms with van der Waals surface area (Å²) in [6.45, 7) is 0. The topological polar surface area (TPSA) is 26.0 Å². The summed E-state index contributed by atoms with van der Waals surface area (Å²) in [7, 11) is 0. The van der Waals surface area contributed by atoms with E-state index in [-0.39, 0.29) is 0 Å². The van der Waals surface area contributed by atoms with Gasteiger partial charge in [0.05, 0.1) is 0 Å². The first-order chi connectivity index (χ1) is 8.34. The Bertz CT molecular complexity index is 353. The number of hydrogen-bond donors (Lipinski definition) is 1. The Kier molecular flexibility index (Phi) is 4.81. The van der Waals surface area contributed by atoms with Crippen LogP contribution in [0.15, 0.2) is 42.0 Å². The van der Waals surface area contributed by atoms with Gasteiger partial charge in [0, 0.05) is 6.04 Å². The Hall–Kier alpha value is -1.08. The summed E-state index contributed by atoms with van der Waals surface area (Å²) < 4.78 is 0. The molecule has 1 nitrogen and oxygen atoms in total. The number of benzene rings is 1. The molecule has 0 amide bonds. The first kappa shape index (κ1) is 12.4. The first-order valence-corrected chi connectivity index (χ1v) is 6.83. The normalized spacial score (nSPS) is 20.8. The highest BCUT2D eigenvalue weighted by molar-refractivity contribution is 5.15. The maximum atomic E-state index is 6.03. The largest absolute Gasteiger partial charge is 0.324 e. The van der Waals surface area contributed by atoms with Crippen molar-refractivity contribution < 1.29 is 0 Å². The lowest BCUT2D eigenvalue weighted by atomic mass is 10.0. The lowest BCUT2D eigenvalue weighted by Gasteiger charge is -2.07. The Morgan fingerprint density at radius 2 is 1.88 bits per heavy atom. The lowest BCUT2D eigenvalue weighted by Crippen LogP contribution is -2.15. The van der Waals surface area contributed by atoms with Gasteiger partial charge < -0.3 is 5.73 Å². The molecule has 0 fully saturated rings. The average molecular weight is 229 g/mol. The molecule has 2 N–H and O–H groups in total. The van der Waals surface area contributed by atoms with Gasteiger partial charge in [-0.15, -0.1) is 0 Å². The smallest absolute Gasteiger partial charge is 0.0226 e. The summed E-state index contributed by atoms with van der Waals surface area (Å²) in [5.41, 5.74) is 9.07. The second kappa shape index (κ2) is 6.61. The van der Waals surface area contributed by atoms with Crippen LogP contribution < -0.4 is 5.73 Å². The Balaban J connectivity index is 1.78. The van der Waals surface area contributed by atoms with Crippen molar-refractivity contribution in [2.24, 2.45) is 5.73 Å². The predicted octanol–water partition coefficient (Wildman–Crippen LogP) is 3.84. The molecule has 0 saturated heterocycles. The predicted molar refractivity (Wildman–Crippen MR) is 73.9 cm³/mol. The molecule has 0 saturated carbocycles. The number of aryl methyl sites for hydroxylation is 1. The van der Waals surface area contributed by atoms with Crippen molar-refractivity contribution in [1.82, 2.24) is 0 Å². The van der Waals surface area contributed by atoms with Crippen molar-refractivity contribution in [3.8, 4) is 0 Å². The highest BCUT2D eigenvalue weighted by atomic mass is 14.6. The van der Waals surface area contributed by atoms with Gasteiger partial charge in [-0.05, 0) is 44.1 Å². The molecule has 92 valence electrons. The first-order valence-electron chi connectivity index (χ1n) is 6.83. The monoisotopic (exact) mass is 229 g/mol. The molecule has 0 spiro atoms. The van der Waals surface area contributed by atoms with Crippen LogP contribution in [0.25, 0.3) is 0 Å². The molecule has 0 radical (unpaired) electrons. The molecule has 0 aromatic heterocycles. The third kappa shape index (κ3) is 4.35. The fourth-order valence-electron chi connectivity index (χ4n) is 2.57. The number of allylic oxidation sites excluding steroid dienone is 1. The molecule has 0 aliphatic heterocycles. The van der Waals surface area contributed by atoms with Crippen LogP contribution in [0.5, 0.6) is 0 Å². The van der Waals surface area contributed by atoms with Crippen LogP contribution >= 0.6 is 0 Å². The maximum Gasteiger partial charge on any atom is 0.0226 e. The minimum Gasteiger partial charge on any atom is -0.324 e. The van der Waals surface area contributed by atoms with Gasteiger partial charge in [0.25, 0.3) is 0 Å². The molecule has 0 heterocycles. The standard InChI is InChI=1S/C16H23N/c17-16-12-5-4-9-15(13-16)11-6-10-14-7-2-1-3-8-14/h1-3,7-8,13,16H,4-6,9-12,17H2. The molecule has 1 aromatic rings. The van der Waals surface area contributed by atoms with E-state index in [9.17, 15) is 0 Å². The zero-order valence-electron chi connectivity index (χ0n) is 10.6. The van der Waals surface area contributed by atoms with Crippen LogP contribution in [0.2, 0.25) is 0 Å². The average Bonchev–Trinajstić information content (AvgIpc) is 2.55. The Morgan fingerprint density at radius 3 is 2.71 bits per heavy atom. The van der Waals surface area contributed by atoms with Gasteiger partial charge in [0.1, 0.15) is 0 Å². The summed E-state index contributed by atoms with van der Waals surface area (Å²) in [6.07, 6.45) is 11.0. The van der Waals surface area contributed by atoms with Gasteiger partial charge in [-0.3, -0.25) is 0 Å².